The lowest BCUT2D eigenvalue weighted by molar-refractivity contribution is 0.343. The fraction of sp³-hybridized carbons (Fsp3) is 0.385. The van der Waals surface area contributed by atoms with Crippen LogP contribution in [0.4, 0.5) is 8.78 Å². The topological polar surface area (TPSA) is 64.9 Å². The van der Waals surface area contributed by atoms with Gasteiger partial charge < -0.3 is 10.3 Å². The molecule has 0 fully saturated rings. The average molecular weight is 267 g/mol. The van der Waals surface area contributed by atoms with Gasteiger partial charge >= 0.3 is 0 Å². The first-order valence-electron chi connectivity index (χ1n) is 5.98. The van der Waals surface area contributed by atoms with Crippen LogP contribution in [0, 0.1) is 11.6 Å². The third-order valence-electron chi connectivity index (χ3n) is 2.95. The summed E-state index contributed by atoms with van der Waals surface area (Å²) in [5.41, 5.74) is 6.20. The number of hydrogen-bond acceptors (Lipinski definition) is 4. The molecule has 1 aromatic heterocycles. The third-order valence-corrected chi connectivity index (χ3v) is 2.95. The van der Waals surface area contributed by atoms with Crippen molar-refractivity contribution in [2.24, 2.45) is 5.73 Å². The largest absolute Gasteiger partial charge is 0.339 e. The highest BCUT2D eigenvalue weighted by molar-refractivity contribution is 5.21. The van der Waals surface area contributed by atoms with E-state index in [4.69, 9.17) is 10.3 Å². The lowest BCUT2D eigenvalue weighted by atomic mass is 10.1. The van der Waals surface area contributed by atoms with Crippen molar-refractivity contribution in [2.75, 3.05) is 0 Å². The molecule has 2 aromatic rings. The lowest BCUT2D eigenvalue weighted by Crippen LogP contribution is -2.22. The first-order valence-corrected chi connectivity index (χ1v) is 5.98. The molecule has 1 aromatic carbocycles. The summed E-state index contributed by atoms with van der Waals surface area (Å²) in [6.45, 7) is 3.72. The van der Waals surface area contributed by atoms with Crippen molar-refractivity contribution in [3.8, 4) is 0 Å². The van der Waals surface area contributed by atoms with E-state index in [0.717, 1.165) is 6.07 Å². The molecule has 2 N–H and O–H groups in total. The Labute approximate surface area is 109 Å². The molecule has 6 heteroatoms. The van der Waals surface area contributed by atoms with Gasteiger partial charge in [0.15, 0.2) is 5.82 Å². The Hall–Kier alpha value is -1.82. The first kappa shape index (κ1) is 13.6. The average Bonchev–Trinajstić information content (AvgIpc) is 2.74. The summed E-state index contributed by atoms with van der Waals surface area (Å²) in [5.74, 6) is -0.495. The van der Waals surface area contributed by atoms with Crippen LogP contribution in [0.3, 0.4) is 0 Å². The molecule has 19 heavy (non-hydrogen) atoms. The minimum atomic E-state index is -0.623. The molecule has 1 heterocycles. The van der Waals surface area contributed by atoms with Crippen LogP contribution in [-0.2, 0) is 6.42 Å². The molecule has 4 nitrogen and oxygen atoms in total. The highest BCUT2D eigenvalue weighted by atomic mass is 19.1. The van der Waals surface area contributed by atoms with Crippen molar-refractivity contribution in [3.05, 3.63) is 47.1 Å². The predicted octanol–water partition coefficient (Wildman–Crippen LogP) is 2.39. The third kappa shape index (κ3) is 3.35. The Kier molecular flexibility index (Phi) is 3.90. The van der Waals surface area contributed by atoms with E-state index in [9.17, 15) is 8.78 Å². The molecule has 0 amide bonds. The maximum absolute atomic E-state index is 13.0. The summed E-state index contributed by atoms with van der Waals surface area (Å²) in [7, 11) is 0. The predicted molar refractivity (Wildman–Crippen MR) is 65.5 cm³/mol. The molecular formula is C13H15F2N3O. The molecule has 2 unspecified atom stereocenters. The van der Waals surface area contributed by atoms with E-state index >= 15 is 0 Å². The van der Waals surface area contributed by atoms with Crippen molar-refractivity contribution in [1.29, 1.82) is 0 Å². The van der Waals surface area contributed by atoms with Crippen LogP contribution in [0.2, 0.25) is 0 Å². The number of aromatic nitrogens is 2. The number of nitrogens with two attached hydrogens (primary N) is 1. The minimum Gasteiger partial charge on any atom is -0.339 e. The summed E-state index contributed by atoms with van der Waals surface area (Å²) in [5, 5.41) is 3.79. The van der Waals surface area contributed by atoms with Gasteiger partial charge in [0.25, 0.3) is 0 Å². The van der Waals surface area contributed by atoms with Gasteiger partial charge in [-0.2, -0.15) is 4.98 Å². The smallest absolute Gasteiger partial charge is 0.231 e. The number of halogens is 2. The van der Waals surface area contributed by atoms with Gasteiger partial charge in [0, 0.05) is 18.5 Å². The van der Waals surface area contributed by atoms with Gasteiger partial charge in [-0.05, 0) is 24.6 Å². The van der Waals surface area contributed by atoms with Gasteiger partial charge in [0.05, 0.1) is 5.92 Å². The van der Waals surface area contributed by atoms with Gasteiger partial charge in [-0.3, -0.25) is 0 Å². The SMILES string of the molecule is CC(N)C(C)c1nc(Cc2cc(F)cc(F)c2)no1. The standard InChI is InChI=1S/C13H15F2N3O/c1-7(8(2)16)13-17-12(18-19-13)5-9-3-10(14)6-11(15)4-9/h3-4,6-8H,5,16H2,1-2H3. The van der Waals surface area contributed by atoms with Crippen molar-refractivity contribution < 1.29 is 13.3 Å². The molecule has 0 radical (unpaired) electrons. The summed E-state index contributed by atoms with van der Waals surface area (Å²) in [6.07, 6.45) is 0.212. The number of nitrogens with zero attached hydrogens (tertiary/aromatic N) is 2. The zero-order valence-corrected chi connectivity index (χ0v) is 10.7. The summed E-state index contributed by atoms with van der Waals surface area (Å²) in [6, 6.07) is 3.20. The van der Waals surface area contributed by atoms with E-state index < -0.39 is 11.6 Å². The maximum atomic E-state index is 13.0. The highest BCUT2D eigenvalue weighted by Crippen LogP contribution is 2.17. The fourth-order valence-corrected chi connectivity index (χ4v) is 1.64. The van der Waals surface area contributed by atoms with Crippen LogP contribution in [0.15, 0.2) is 22.7 Å². The quantitative estimate of drug-likeness (QED) is 0.923. The van der Waals surface area contributed by atoms with E-state index in [0.29, 0.717) is 17.3 Å². The molecule has 102 valence electrons. The second-order valence-electron chi connectivity index (χ2n) is 4.65. The summed E-state index contributed by atoms with van der Waals surface area (Å²) >= 11 is 0. The molecule has 0 saturated heterocycles. The van der Waals surface area contributed by atoms with Gasteiger partial charge in [-0.25, -0.2) is 8.78 Å². The van der Waals surface area contributed by atoms with Crippen molar-refractivity contribution in [1.82, 2.24) is 10.1 Å². The van der Waals surface area contributed by atoms with Gasteiger partial charge in [-0.15, -0.1) is 0 Å². The zero-order chi connectivity index (χ0) is 14.0. The van der Waals surface area contributed by atoms with Crippen LogP contribution in [0.25, 0.3) is 0 Å². The van der Waals surface area contributed by atoms with Crippen LogP contribution in [0.5, 0.6) is 0 Å². The molecule has 0 saturated carbocycles. The van der Waals surface area contributed by atoms with Gasteiger partial charge in [0.2, 0.25) is 5.89 Å². The summed E-state index contributed by atoms with van der Waals surface area (Å²) in [4.78, 5) is 4.18. The van der Waals surface area contributed by atoms with Crippen molar-refractivity contribution in [3.63, 3.8) is 0 Å². The van der Waals surface area contributed by atoms with Crippen molar-refractivity contribution >= 4 is 0 Å². The lowest BCUT2D eigenvalue weighted by Gasteiger charge is -2.09. The fourth-order valence-electron chi connectivity index (χ4n) is 1.64. The second kappa shape index (κ2) is 5.44. The Morgan fingerprint density at radius 3 is 2.42 bits per heavy atom. The van der Waals surface area contributed by atoms with E-state index in [-0.39, 0.29) is 18.4 Å². The normalized spacial score (nSPS) is 14.4. The Bertz CT molecular complexity index is 549. The molecule has 0 bridgehead atoms. The Morgan fingerprint density at radius 1 is 1.21 bits per heavy atom. The highest BCUT2D eigenvalue weighted by Gasteiger charge is 2.18. The maximum Gasteiger partial charge on any atom is 0.231 e. The van der Waals surface area contributed by atoms with Crippen LogP contribution < -0.4 is 5.73 Å². The monoisotopic (exact) mass is 267 g/mol. The Balaban J connectivity index is 2.15. The molecule has 0 aliphatic rings. The van der Waals surface area contributed by atoms with E-state index in [2.05, 4.69) is 10.1 Å². The minimum absolute atomic E-state index is 0.0644. The molecule has 2 atom stereocenters. The van der Waals surface area contributed by atoms with E-state index in [1.165, 1.54) is 12.1 Å². The molecule has 2 rings (SSSR count). The summed E-state index contributed by atoms with van der Waals surface area (Å²) < 4.78 is 31.2. The number of rotatable bonds is 4. The van der Waals surface area contributed by atoms with E-state index in [1.807, 2.05) is 13.8 Å². The van der Waals surface area contributed by atoms with Gasteiger partial charge in [0.1, 0.15) is 11.6 Å². The van der Waals surface area contributed by atoms with Gasteiger partial charge in [-0.1, -0.05) is 12.1 Å². The zero-order valence-electron chi connectivity index (χ0n) is 10.7. The molecule has 0 spiro atoms. The van der Waals surface area contributed by atoms with Crippen molar-refractivity contribution in [2.45, 2.75) is 32.2 Å². The molecule has 0 aliphatic carbocycles. The Morgan fingerprint density at radius 2 is 1.84 bits per heavy atom. The number of benzene rings is 1. The molecular weight excluding hydrogens is 252 g/mol. The molecule has 0 aliphatic heterocycles. The number of hydrogen-bond donors (Lipinski definition) is 1. The van der Waals surface area contributed by atoms with Crippen LogP contribution in [0.1, 0.15) is 37.0 Å². The van der Waals surface area contributed by atoms with E-state index in [1.54, 1.807) is 0 Å². The second-order valence-corrected chi connectivity index (χ2v) is 4.65. The van der Waals surface area contributed by atoms with Crippen LogP contribution >= 0.6 is 0 Å². The van der Waals surface area contributed by atoms with Crippen LogP contribution in [-0.4, -0.2) is 16.2 Å². The first-order chi connectivity index (χ1) is 8.95.